The summed E-state index contributed by atoms with van der Waals surface area (Å²) in [4.78, 5) is 4.95. The Bertz CT molecular complexity index is 572. The molecule has 0 N–H and O–H groups in total. The summed E-state index contributed by atoms with van der Waals surface area (Å²) in [7, 11) is 1.59. The highest BCUT2D eigenvalue weighted by atomic mass is 32.2. The molecule has 17 heavy (non-hydrogen) atoms. The van der Waals surface area contributed by atoms with Gasteiger partial charge < -0.3 is 9.15 Å². The Morgan fingerprint density at radius 2 is 2.29 bits per heavy atom. The quantitative estimate of drug-likeness (QED) is 0.833. The van der Waals surface area contributed by atoms with Gasteiger partial charge in [-0.3, -0.25) is 0 Å². The maximum atomic E-state index is 9.01. The lowest BCUT2D eigenvalue weighted by Gasteiger charge is -2.04. The number of hydrogen-bond donors (Lipinski definition) is 0. The molecule has 0 atom stereocenters. The summed E-state index contributed by atoms with van der Waals surface area (Å²) < 4.78 is 10.4. The van der Waals surface area contributed by atoms with E-state index in [1.165, 1.54) is 11.8 Å². The fourth-order valence-corrected chi connectivity index (χ4v) is 2.15. The van der Waals surface area contributed by atoms with Crippen molar-refractivity contribution in [3.8, 4) is 11.8 Å². The minimum Gasteiger partial charge on any atom is -0.497 e. The third-order valence-corrected chi connectivity index (χ3v) is 3.02. The first-order chi connectivity index (χ1) is 8.22. The van der Waals surface area contributed by atoms with Gasteiger partial charge in [-0.05, 0) is 36.9 Å². The van der Waals surface area contributed by atoms with Gasteiger partial charge in [-0.1, -0.05) is 0 Å². The summed E-state index contributed by atoms with van der Waals surface area (Å²) in [6.07, 6.45) is 1.58. The van der Waals surface area contributed by atoms with E-state index in [1.54, 1.807) is 31.6 Å². The van der Waals surface area contributed by atoms with E-state index in [0.717, 1.165) is 10.6 Å². The van der Waals surface area contributed by atoms with Crippen molar-refractivity contribution in [2.75, 3.05) is 7.11 Å². The number of aryl methyl sites for hydroxylation is 1. The molecule has 0 saturated carbocycles. The summed E-state index contributed by atoms with van der Waals surface area (Å²) in [6, 6.07) is 7.40. The molecule has 0 radical (unpaired) electrons. The van der Waals surface area contributed by atoms with Crippen LogP contribution in [0.1, 0.15) is 11.3 Å². The largest absolute Gasteiger partial charge is 0.497 e. The Morgan fingerprint density at radius 3 is 2.88 bits per heavy atom. The lowest BCUT2D eigenvalue weighted by molar-refractivity contribution is 0.413. The second kappa shape index (κ2) is 4.93. The smallest absolute Gasteiger partial charge is 0.260 e. The molecule has 1 aromatic heterocycles. The first-order valence-corrected chi connectivity index (χ1v) is 5.72. The molecule has 2 rings (SSSR count). The monoisotopic (exact) mass is 246 g/mol. The maximum absolute atomic E-state index is 9.01. The highest BCUT2D eigenvalue weighted by molar-refractivity contribution is 7.99. The first kappa shape index (κ1) is 11.6. The number of rotatable bonds is 3. The maximum Gasteiger partial charge on any atom is 0.260 e. The number of nitriles is 1. The molecule has 4 nitrogen and oxygen atoms in total. The van der Waals surface area contributed by atoms with Gasteiger partial charge in [0.15, 0.2) is 0 Å². The van der Waals surface area contributed by atoms with Crippen LogP contribution in [0.25, 0.3) is 0 Å². The molecule has 0 aliphatic rings. The molecule has 0 aliphatic carbocycles. The van der Waals surface area contributed by atoms with Gasteiger partial charge >= 0.3 is 0 Å². The van der Waals surface area contributed by atoms with Crippen LogP contribution in [0.5, 0.6) is 5.75 Å². The van der Waals surface area contributed by atoms with Gasteiger partial charge in [-0.2, -0.15) is 5.26 Å². The summed E-state index contributed by atoms with van der Waals surface area (Å²) >= 11 is 1.31. The number of nitrogens with zero attached hydrogens (tertiary/aromatic N) is 2. The highest BCUT2D eigenvalue weighted by Crippen LogP contribution is 2.32. The lowest BCUT2D eigenvalue weighted by atomic mass is 10.2. The van der Waals surface area contributed by atoms with Crippen LogP contribution >= 0.6 is 11.8 Å². The summed E-state index contributed by atoms with van der Waals surface area (Å²) in [5, 5.41) is 9.53. The van der Waals surface area contributed by atoms with E-state index in [0.29, 0.717) is 16.5 Å². The minimum atomic E-state index is 0.521. The Hall–Kier alpha value is -1.93. The van der Waals surface area contributed by atoms with E-state index in [-0.39, 0.29) is 0 Å². The SMILES string of the molecule is COc1ccc(C#N)c(Sc2nc(C)co2)c1. The predicted molar refractivity (Wildman–Crippen MR) is 63.1 cm³/mol. The fraction of sp³-hybridized carbons (Fsp3) is 0.167. The van der Waals surface area contributed by atoms with E-state index in [4.69, 9.17) is 14.4 Å². The van der Waals surface area contributed by atoms with E-state index in [2.05, 4.69) is 11.1 Å². The zero-order valence-electron chi connectivity index (χ0n) is 9.43. The van der Waals surface area contributed by atoms with Crippen molar-refractivity contribution in [2.24, 2.45) is 0 Å². The fourth-order valence-electron chi connectivity index (χ4n) is 1.28. The zero-order valence-corrected chi connectivity index (χ0v) is 10.2. The van der Waals surface area contributed by atoms with Crippen molar-refractivity contribution in [1.29, 1.82) is 5.26 Å². The van der Waals surface area contributed by atoms with Crippen LogP contribution in [0.4, 0.5) is 0 Å². The average Bonchev–Trinajstić information content (AvgIpc) is 2.74. The van der Waals surface area contributed by atoms with E-state index in [9.17, 15) is 0 Å². The molecule has 0 saturated heterocycles. The number of hydrogen-bond acceptors (Lipinski definition) is 5. The molecule has 1 aromatic carbocycles. The number of oxazole rings is 1. The van der Waals surface area contributed by atoms with Crippen LogP contribution in [0.15, 0.2) is 39.0 Å². The Morgan fingerprint density at radius 1 is 1.47 bits per heavy atom. The molecule has 0 unspecified atom stereocenters. The normalized spacial score (nSPS) is 9.94. The molecule has 0 bridgehead atoms. The molecule has 0 fully saturated rings. The molecular weight excluding hydrogens is 236 g/mol. The second-order valence-corrected chi connectivity index (χ2v) is 4.32. The van der Waals surface area contributed by atoms with Crippen LogP contribution < -0.4 is 4.74 Å². The van der Waals surface area contributed by atoms with Crippen molar-refractivity contribution in [2.45, 2.75) is 17.0 Å². The van der Waals surface area contributed by atoms with Crippen molar-refractivity contribution in [3.63, 3.8) is 0 Å². The number of aromatic nitrogens is 1. The molecule has 5 heteroatoms. The Balaban J connectivity index is 2.33. The van der Waals surface area contributed by atoms with E-state index in [1.807, 2.05) is 6.92 Å². The molecule has 86 valence electrons. The minimum absolute atomic E-state index is 0.521. The molecule has 2 aromatic rings. The number of methoxy groups -OCH3 is 1. The Labute approximate surface area is 103 Å². The van der Waals surface area contributed by atoms with Gasteiger partial charge in [-0.25, -0.2) is 4.98 Å². The van der Waals surface area contributed by atoms with Gasteiger partial charge in [-0.15, -0.1) is 0 Å². The van der Waals surface area contributed by atoms with Crippen molar-refractivity contribution >= 4 is 11.8 Å². The van der Waals surface area contributed by atoms with Crippen LogP contribution in [-0.4, -0.2) is 12.1 Å². The van der Waals surface area contributed by atoms with Gasteiger partial charge in [0, 0.05) is 4.90 Å². The van der Waals surface area contributed by atoms with E-state index >= 15 is 0 Å². The topological polar surface area (TPSA) is 59.0 Å². The van der Waals surface area contributed by atoms with Crippen LogP contribution in [-0.2, 0) is 0 Å². The van der Waals surface area contributed by atoms with Gasteiger partial charge in [0.25, 0.3) is 5.22 Å². The second-order valence-electron chi connectivity index (χ2n) is 3.33. The third-order valence-electron chi connectivity index (χ3n) is 2.10. The van der Waals surface area contributed by atoms with Crippen LogP contribution in [0.3, 0.4) is 0 Å². The van der Waals surface area contributed by atoms with Gasteiger partial charge in [0.05, 0.1) is 18.4 Å². The molecule has 0 spiro atoms. The summed E-state index contributed by atoms with van der Waals surface area (Å²) in [5.74, 6) is 0.703. The van der Waals surface area contributed by atoms with Gasteiger partial charge in [0.2, 0.25) is 0 Å². The third kappa shape index (κ3) is 2.60. The zero-order chi connectivity index (χ0) is 12.3. The van der Waals surface area contributed by atoms with Crippen molar-refractivity contribution in [3.05, 3.63) is 35.7 Å². The standard InChI is InChI=1S/C12H10N2O2S/c1-8-7-16-12(14-8)17-11-5-10(15-2)4-3-9(11)6-13/h3-5,7H,1-2H3. The van der Waals surface area contributed by atoms with Crippen LogP contribution in [0.2, 0.25) is 0 Å². The number of benzene rings is 1. The molecular formula is C12H10N2O2S. The molecule has 0 aliphatic heterocycles. The van der Waals surface area contributed by atoms with Gasteiger partial charge in [0.1, 0.15) is 18.1 Å². The lowest BCUT2D eigenvalue weighted by Crippen LogP contribution is -1.86. The molecule has 0 amide bonds. The summed E-state index contributed by atoms with van der Waals surface area (Å²) in [5.41, 5.74) is 1.39. The van der Waals surface area contributed by atoms with E-state index < -0.39 is 0 Å². The Kier molecular flexibility index (Phi) is 3.35. The number of ether oxygens (including phenoxy) is 1. The van der Waals surface area contributed by atoms with Crippen LogP contribution in [0, 0.1) is 18.3 Å². The first-order valence-electron chi connectivity index (χ1n) is 4.91. The summed E-state index contributed by atoms with van der Waals surface area (Å²) in [6.45, 7) is 1.85. The van der Waals surface area contributed by atoms with Crippen molar-refractivity contribution in [1.82, 2.24) is 4.98 Å². The van der Waals surface area contributed by atoms with Crippen molar-refractivity contribution < 1.29 is 9.15 Å². The predicted octanol–water partition coefficient (Wildman–Crippen LogP) is 3.01. The average molecular weight is 246 g/mol. The highest BCUT2D eigenvalue weighted by Gasteiger charge is 2.09. The molecule has 1 heterocycles.